The topological polar surface area (TPSA) is 26.0 Å². The first kappa shape index (κ1) is 26.3. The fraction of sp³-hybridized carbons (Fsp3) is 0.800. The summed E-state index contributed by atoms with van der Waals surface area (Å²) in [5.74, 6) is 1.56. The van der Waals surface area contributed by atoms with Crippen LogP contribution in [0.3, 0.4) is 0 Å². The molecule has 1 heteroatoms. The van der Waals surface area contributed by atoms with Gasteiger partial charge in [-0.05, 0) is 61.1 Å². The predicted octanol–water partition coefficient (Wildman–Crippen LogP) is 9.98. The number of nitrogen functional groups attached to an aromatic ring is 1. The Morgan fingerprint density at radius 3 is 1.81 bits per heavy atom. The van der Waals surface area contributed by atoms with Crippen LogP contribution in [-0.4, -0.2) is 0 Å². The van der Waals surface area contributed by atoms with Crippen molar-refractivity contribution in [1.29, 1.82) is 0 Å². The minimum Gasteiger partial charge on any atom is -0.398 e. The summed E-state index contributed by atoms with van der Waals surface area (Å²) < 4.78 is 0. The Morgan fingerprint density at radius 1 is 0.742 bits per heavy atom. The number of fused-ring (bicyclic) bond motifs is 1. The summed E-state index contributed by atoms with van der Waals surface area (Å²) in [5.41, 5.74) is 10.7. The van der Waals surface area contributed by atoms with Crippen molar-refractivity contribution in [3.63, 3.8) is 0 Å². The van der Waals surface area contributed by atoms with Crippen LogP contribution in [0.1, 0.15) is 153 Å². The molecular formula is C30H53N. The fourth-order valence-corrected chi connectivity index (χ4v) is 5.88. The smallest absolute Gasteiger partial charge is 0.0352 e. The predicted molar refractivity (Wildman–Crippen MR) is 140 cm³/mol. The highest BCUT2D eigenvalue weighted by atomic mass is 14.6. The normalized spacial score (nSPS) is 16.9. The van der Waals surface area contributed by atoms with E-state index in [1.807, 2.05) is 0 Å². The van der Waals surface area contributed by atoms with Crippen LogP contribution in [0, 0.1) is 5.92 Å². The van der Waals surface area contributed by atoms with E-state index in [-0.39, 0.29) is 0 Å². The Hall–Kier alpha value is -0.980. The first-order valence-corrected chi connectivity index (χ1v) is 14.1. The van der Waals surface area contributed by atoms with Crippen molar-refractivity contribution in [2.45, 2.75) is 148 Å². The highest BCUT2D eigenvalue weighted by Gasteiger charge is 2.28. The summed E-state index contributed by atoms with van der Waals surface area (Å²) in [4.78, 5) is 0. The van der Waals surface area contributed by atoms with Gasteiger partial charge in [-0.25, -0.2) is 0 Å². The molecule has 0 spiro atoms. The lowest BCUT2D eigenvalue weighted by Gasteiger charge is -2.34. The Kier molecular flexibility index (Phi) is 14.1. The first-order chi connectivity index (χ1) is 15.3. The van der Waals surface area contributed by atoms with Crippen molar-refractivity contribution in [3.05, 3.63) is 29.3 Å². The van der Waals surface area contributed by atoms with Crippen LogP contribution in [0.5, 0.6) is 0 Å². The van der Waals surface area contributed by atoms with Gasteiger partial charge >= 0.3 is 0 Å². The van der Waals surface area contributed by atoms with Crippen molar-refractivity contribution in [3.8, 4) is 0 Å². The van der Waals surface area contributed by atoms with E-state index in [1.165, 1.54) is 128 Å². The van der Waals surface area contributed by atoms with Crippen molar-refractivity contribution < 1.29 is 0 Å². The highest BCUT2D eigenvalue weighted by Crippen LogP contribution is 2.43. The average Bonchev–Trinajstić information content (AvgIpc) is 2.78. The second-order valence-electron chi connectivity index (χ2n) is 10.4. The molecule has 1 nitrogen and oxygen atoms in total. The maximum absolute atomic E-state index is 6.52. The van der Waals surface area contributed by atoms with Crippen molar-refractivity contribution >= 4 is 5.69 Å². The molecule has 0 heterocycles. The van der Waals surface area contributed by atoms with Gasteiger partial charge in [-0.3, -0.25) is 0 Å². The third-order valence-corrected chi connectivity index (χ3v) is 7.74. The summed E-state index contributed by atoms with van der Waals surface area (Å²) in [6.07, 6.45) is 28.1. The van der Waals surface area contributed by atoms with Crippen molar-refractivity contribution in [2.24, 2.45) is 5.92 Å². The Balaban J connectivity index is 1.79. The minimum absolute atomic E-state index is 0.717. The molecule has 0 amide bonds. The molecule has 1 aliphatic rings. The molecule has 1 aliphatic carbocycles. The van der Waals surface area contributed by atoms with E-state index in [0.717, 1.165) is 17.5 Å². The first-order valence-electron chi connectivity index (χ1n) is 14.1. The second-order valence-corrected chi connectivity index (χ2v) is 10.4. The van der Waals surface area contributed by atoms with Crippen molar-refractivity contribution in [1.82, 2.24) is 0 Å². The maximum atomic E-state index is 6.52. The van der Waals surface area contributed by atoms with Gasteiger partial charge in [0.05, 0.1) is 0 Å². The minimum atomic E-state index is 0.717. The molecular weight excluding hydrogens is 374 g/mol. The van der Waals surface area contributed by atoms with Gasteiger partial charge in [0.1, 0.15) is 0 Å². The Labute approximate surface area is 195 Å². The number of benzene rings is 1. The second kappa shape index (κ2) is 16.6. The third-order valence-electron chi connectivity index (χ3n) is 7.74. The van der Waals surface area contributed by atoms with E-state index < -0.39 is 0 Å². The van der Waals surface area contributed by atoms with Crippen LogP contribution in [0.2, 0.25) is 0 Å². The van der Waals surface area contributed by atoms with Crippen LogP contribution in [0.4, 0.5) is 5.69 Å². The average molecular weight is 428 g/mol. The molecule has 0 aliphatic heterocycles. The lowest BCUT2D eigenvalue weighted by molar-refractivity contribution is 0.315. The van der Waals surface area contributed by atoms with E-state index in [1.54, 1.807) is 11.1 Å². The van der Waals surface area contributed by atoms with Gasteiger partial charge in [0.2, 0.25) is 0 Å². The molecule has 0 saturated carbocycles. The van der Waals surface area contributed by atoms with Crippen LogP contribution in [0.15, 0.2) is 18.2 Å². The number of nitrogens with two attached hydrogens (primary N) is 1. The van der Waals surface area contributed by atoms with E-state index in [2.05, 4.69) is 32.0 Å². The quantitative estimate of drug-likeness (QED) is 0.183. The molecule has 0 radical (unpaired) electrons. The summed E-state index contributed by atoms with van der Waals surface area (Å²) in [6.45, 7) is 4.62. The monoisotopic (exact) mass is 427 g/mol. The van der Waals surface area contributed by atoms with Gasteiger partial charge < -0.3 is 5.73 Å². The van der Waals surface area contributed by atoms with Crippen LogP contribution in [0.25, 0.3) is 0 Å². The van der Waals surface area contributed by atoms with Crippen LogP contribution >= 0.6 is 0 Å². The molecule has 31 heavy (non-hydrogen) atoms. The number of unbranched alkanes of at least 4 members (excludes halogenated alkanes) is 13. The van der Waals surface area contributed by atoms with Gasteiger partial charge in [0, 0.05) is 5.69 Å². The van der Waals surface area contributed by atoms with Gasteiger partial charge in [-0.1, -0.05) is 122 Å². The molecule has 1 aromatic carbocycles. The molecule has 0 fully saturated rings. The van der Waals surface area contributed by atoms with Gasteiger partial charge in [0.25, 0.3) is 0 Å². The standard InChI is InChI=1S/C30H53N/c1-3-5-7-9-10-11-12-13-15-17-21-26(20-16-14-8-6-4-2)28-24-18-22-27-23-19-25-29(31)30(27)28/h19,23,25-26,28H,3-18,20-22,24,31H2,1-2H3. The van der Waals surface area contributed by atoms with E-state index in [9.17, 15) is 0 Å². The SMILES string of the molecule is CCCCCCCCCCCCC(CCCCCCC)C1CCCc2cccc(N)c21. The van der Waals surface area contributed by atoms with Gasteiger partial charge in [-0.15, -0.1) is 0 Å². The summed E-state index contributed by atoms with van der Waals surface area (Å²) in [6, 6.07) is 6.66. The number of rotatable bonds is 18. The zero-order valence-corrected chi connectivity index (χ0v) is 21.1. The molecule has 2 atom stereocenters. The Morgan fingerprint density at radius 2 is 1.26 bits per heavy atom. The summed E-state index contributed by atoms with van der Waals surface area (Å²) >= 11 is 0. The molecule has 1 aromatic rings. The number of hydrogen-bond acceptors (Lipinski definition) is 1. The fourth-order valence-electron chi connectivity index (χ4n) is 5.88. The van der Waals surface area contributed by atoms with E-state index in [4.69, 9.17) is 5.73 Å². The molecule has 0 bridgehead atoms. The molecule has 0 saturated heterocycles. The van der Waals surface area contributed by atoms with E-state index >= 15 is 0 Å². The largest absolute Gasteiger partial charge is 0.398 e. The number of hydrogen-bond donors (Lipinski definition) is 1. The number of aryl methyl sites for hydroxylation is 1. The number of anilines is 1. The third kappa shape index (κ3) is 10.0. The van der Waals surface area contributed by atoms with Crippen LogP contribution in [-0.2, 0) is 6.42 Å². The zero-order chi connectivity index (χ0) is 22.2. The van der Waals surface area contributed by atoms with E-state index in [0.29, 0.717) is 0 Å². The molecule has 2 unspecified atom stereocenters. The molecule has 2 N–H and O–H groups in total. The zero-order valence-electron chi connectivity index (χ0n) is 21.1. The van der Waals surface area contributed by atoms with Gasteiger partial charge in [0.15, 0.2) is 0 Å². The lowest BCUT2D eigenvalue weighted by atomic mass is 9.72. The summed E-state index contributed by atoms with van der Waals surface area (Å²) in [7, 11) is 0. The lowest BCUT2D eigenvalue weighted by Crippen LogP contribution is -2.20. The van der Waals surface area contributed by atoms with Crippen LogP contribution < -0.4 is 5.73 Å². The van der Waals surface area contributed by atoms with Gasteiger partial charge in [-0.2, -0.15) is 0 Å². The summed E-state index contributed by atoms with van der Waals surface area (Å²) in [5, 5.41) is 0. The highest BCUT2D eigenvalue weighted by molar-refractivity contribution is 5.54. The molecule has 178 valence electrons. The van der Waals surface area contributed by atoms with Crippen molar-refractivity contribution in [2.75, 3.05) is 5.73 Å². The molecule has 0 aromatic heterocycles. The maximum Gasteiger partial charge on any atom is 0.0352 e. The molecule has 2 rings (SSSR count). The Bertz CT molecular complexity index is 564.